The van der Waals surface area contributed by atoms with Gasteiger partial charge in [0.1, 0.15) is 12.4 Å². The summed E-state index contributed by atoms with van der Waals surface area (Å²) in [5, 5.41) is 11.1. The van der Waals surface area contributed by atoms with Crippen LogP contribution in [-0.4, -0.2) is 67.5 Å². The Bertz CT molecular complexity index is 738. The van der Waals surface area contributed by atoms with Gasteiger partial charge in [0.15, 0.2) is 0 Å². The number of hydrogen-bond acceptors (Lipinski definition) is 6. The lowest BCUT2D eigenvalue weighted by Crippen LogP contribution is -2.51. The summed E-state index contributed by atoms with van der Waals surface area (Å²) in [6.07, 6.45) is 4.89. The summed E-state index contributed by atoms with van der Waals surface area (Å²) >= 11 is 0. The highest BCUT2D eigenvalue weighted by Crippen LogP contribution is 2.19. The molecule has 2 aromatic rings. The molecule has 1 atom stereocenters. The molecule has 1 saturated heterocycles. The van der Waals surface area contributed by atoms with Crippen molar-refractivity contribution in [2.24, 2.45) is 0 Å². The first kappa shape index (κ1) is 16.9. The van der Waals surface area contributed by atoms with E-state index in [4.69, 9.17) is 0 Å². The number of anilines is 2. The molecule has 1 unspecified atom stereocenters. The quantitative estimate of drug-likeness (QED) is 0.876. The highest BCUT2D eigenvalue weighted by molar-refractivity contribution is 5.81. The minimum Gasteiger partial charge on any atom is -0.339 e. The first-order chi connectivity index (χ1) is 12.1. The molecular weight excluding hydrogens is 322 g/mol. The van der Waals surface area contributed by atoms with E-state index in [-0.39, 0.29) is 11.8 Å². The second kappa shape index (κ2) is 7.29. The lowest BCUT2D eigenvalue weighted by atomic mass is 10.2. The third kappa shape index (κ3) is 3.76. The van der Waals surface area contributed by atoms with Gasteiger partial charge in [-0.25, -0.2) is 0 Å². The highest BCUT2D eigenvalue weighted by atomic mass is 16.2. The van der Waals surface area contributed by atoms with Gasteiger partial charge in [-0.1, -0.05) is 0 Å². The van der Waals surface area contributed by atoms with Crippen molar-refractivity contribution >= 4 is 23.5 Å². The van der Waals surface area contributed by atoms with Crippen LogP contribution in [0.2, 0.25) is 0 Å². The Morgan fingerprint density at radius 1 is 1.20 bits per heavy atom. The average Bonchev–Trinajstić information content (AvgIpc) is 3.09. The van der Waals surface area contributed by atoms with Crippen LogP contribution in [0.1, 0.15) is 19.9 Å². The average molecular weight is 343 g/mol. The van der Waals surface area contributed by atoms with E-state index in [0.717, 1.165) is 5.69 Å². The first-order valence-corrected chi connectivity index (χ1v) is 8.17. The maximum atomic E-state index is 12.8. The fourth-order valence-corrected chi connectivity index (χ4v) is 2.81. The molecule has 2 aromatic heterocycles. The molecule has 0 bridgehead atoms. The van der Waals surface area contributed by atoms with Crippen molar-refractivity contribution < 1.29 is 9.59 Å². The first-order valence-electron chi connectivity index (χ1n) is 8.17. The number of amides is 2. The lowest BCUT2D eigenvalue weighted by molar-refractivity contribution is -0.140. The number of pyridine rings is 1. The molecule has 3 heterocycles. The molecule has 0 aliphatic carbocycles. The van der Waals surface area contributed by atoms with Gasteiger partial charge in [-0.15, -0.1) is 10.2 Å². The molecule has 9 heteroatoms. The van der Waals surface area contributed by atoms with Crippen LogP contribution in [-0.2, 0) is 9.59 Å². The zero-order chi connectivity index (χ0) is 17.8. The molecular formula is C16H21N7O2. The molecule has 2 amide bonds. The van der Waals surface area contributed by atoms with Gasteiger partial charge in [0, 0.05) is 39.3 Å². The van der Waals surface area contributed by atoms with Gasteiger partial charge in [-0.3, -0.25) is 19.1 Å². The monoisotopic (exact) mass is 343 g/mol. The Balaban J connectivity index is 1.67. The fraction of sp³-hybridized carbons (Fsp3) is 0.438. The number of nitrogens with zero attached hydrogens (tertiary/aromatic N) is 6. The van der Waals surface area contributed by atoms with Crippen LogP contribution in [0.15, 0.2) is 30.9 Å². The van der Waals surface area contributed by atoms with Crippen LogP contribution in [0.25, 0.3) is 0 Å². The molecule has 1 aliphatic rings. The summed E-state index contributed by atoms with van der Waals surface area (Å²) in [6.45, 7) is 5.57. The van der Waals surface area contributed by atoms with E-state index in [1.165, 1.54) is 6.33 Å². The molecule has 1 N–H and O–H groups in total. The van der Waals surface area contributed by atoms with Crippen molar-refractivity contribution in [1.29, 1.82) is 0 Å². The normalized spacial score (nSPS) is 15.8. The summed E-state index contributed by atoms with van der Waals surface area (Å²) in [5.74, 6) is 0.510. The smallest absolute Gasteiger partial charge is 0.245 e. The molecule has 0 saturated carbocycles. The van der Waals surface area contributed by atoms with E-state index < -0.39 is 6.04 Å². The maximum absolute atomic E-state index is 12.8. The third-order valence-corrected chi connectivity index (χ3v) is 4.30. The SMILES string of the molecule is CC(=O)N1CCN(C(=O)C(C)n2cnnc2Nc2cccnc2)CC1. The number of aromatic nitrogens is 4. The molecule has 1 fully saturated rings. The molecule has 0 aromatic carbocycles. The predicted molar refractivity (Wildman–Crippen MR) is 91.1 cm³/mol. The van der Waals surface area contributed by atoms with E-state index in [0.29, 0.717) is 32.1 Å². The number of nitrogens with one attached hydrogen (secondary N) is 1. The largest absolute Gasteiger partial charge is 0.339 e. The standard InChI is InChI=1S/C16H21N7O2/c1-12(15(25)22-8-6-21(7-9-22)13(2)24)23-11-18-20-16(23)19-14-4-3-5-17-10-14/h3-5,10-12H,6-9H2,1-2H3,(H,19,20). The zero-order valence-electron chi connectivity index (χ0n) is 14.3. The van der Waals surface area contributed by atoms with Crippen molar-refractivity contribution in [1.82, 2.24) is 29.5 Å². The van der Waals surface area contributed by atoms with Crippen LogP contribution in [0.4, 0.5) is 11.6 Å². The van der Waals surface area contributed by atoms with Gasteiger partial charge in [-0.05, 0) is 19.1 Å². The number of carbonyl (C=O) groups is 2. The number of piperazine rings is 1. The molecule has 9 nitrogen and oxygen atoms in total. The minimum absolute atomic E-state index is 0.0164. The number of hydrogen-bond donors (Lipinski definition) is 1. The van der Waals surface area contributed by atoms with Crippen LogP contribution in [0.5, 0.6) is 0 Å². The summed E-state index contributed by atoms with van der Waals surface area (Å²) in [7, 11) is 0. The molecule has 1 aliphatic heterocycles. The van der Waals surface area contributed by atoms with Gasteiger partial charge in [0.2, 0.25) is 17.8 Å². The summed E-state index contributed by atoms with van der Waals surface area (Å²) in [4.78, 5) is 31.8. The molecule has 132 valence electrons. The van der Waals surface area contributed by atoms with Crippen LogP contribution >= 0.6 is 0 Å². The number of carbonyl (C=O) groups excluding carboxylic acids is 2. The number of rotatable bonds is 4. The van der Waals surface area contributed by atoms with E-state index >= 15 is 0 Å². The fourth-order valence-electron chi connectivity index (χ4n) is 2.81. The van der Waals surface area contributed by atoms with Crippen LogP contribution < -0.4 is 5.32 Å². The minimum atomic E-state index is -0.446. The van der Waals surface area contributed by atoms with Gasteiger partial charge in [-0.2, -0.15) is 0 Å². The topological polar surface area (TPSA) is 96.3 Å². The Kier molecular flexibility index (Phi) is 4.92. The molecule has 3 rings (SSSR count). The van der Waals surface area contributed by atoms with Gasteiger partial charge in [0.25, 0.3) is 0 Å². The molecule has 25 heavy (non-hydrogen) atoms. The lowest BCUT2D eigenvalue weighted by Gasteiger charge is -2.35. The predicted octanol–water partition coefficient (Wildman–Crippen LogP) is 0.668. The maximum Gasteiger partial charge on any atom is 0.245 e. The Morgan fingerprint density at radius 3 is 2.56 bits per heavy atom. The second-order valence-corrected chi connectivity index (χ2v) is 5.94. The second-order valence-electron chi connectivity index (χ2n) is 5.94. The molecule has 0 spiro atoms. The van der Waals surface area contributed by atoms with E-state index in [1.54, 1.807) is 33.7 Å². The van der Waals surface area contributed by atoms with Crippen molar-refractivity contribution in [3.63, 3.8) is 0 Å². The Morgan fingerprint density at radius 2 is 1.92 bits per heavy atom. The van der Waals surface area contributed by atoms with E-state index in [9.17, 15) is 9.59 Å². The van der Waals surface area contributed by atoms with Gasteiger partial charge >= 0.3 is 0 Å². The van der Waals surface area contributed by atoms with Gasteiger partial charge in [0.05, 0.1) is 11.9 Å². The van der Waals surface area contributed by atoms with Crippen molar-refractivity contribution in [3.05, 3.63) is 30.9 Å². The summed E-state index contributed by atoms with van der Waals surface area (Å²) < 4.78 is 1.70. The Hall–Kier alpha value is -2.97. The summed E-state index contributed by atoms with van der Waals surface area (Å²) in [6, 6.07) is 3.23. The molecule has 0 radical (unpaired) electrons. The van der Waals surface area contributed by atoms with E-state index in [1.807, 2.05) is 19.1 Å². The summed E-state index contributed by atoms with van der Waals surface area (Å²) in [5.41, 5.74) is 0.770. The highest BCUT2D eigenvalue weighted by Gasteiger charge is 2.27. The van der Waals surface area contributed by atoms with Crippen molar-refractivity contribution in [2.45, 2.75) is 19.9 Å². The Labute approximate surface area is 145 Å². The van der Waals surface area contributed by atoms with Crippen molar-refractivity contribution in [3.8, 4) is 0 Å². The zero-order valence-corrected chi connectivity index (χ0v) is 14.3. The van der Waals surface area contributed by atoms with Crippen LogP contribution in [0, 0.1) is 0 Å². The third-order valence-electron chi connectivity index (χ3n) is 4.30. The van der Waals surface area contributed by atoms with Crippen LogP contribution in [0.3, 0.4) is 0 Å². The van der Waals surface area contributed by atoms with Crippen molar-refractivity contribution in [2.75, 3.05) is 31.5 Å². The van der Waals surface area contributed by atoms with Gasteiger partial charge < -0.3 is 15.1 Å². The van der Waals surface area contributed by atoms with E-state index in [2.05, 4.69) is 20.5 Å².